The number of hydrogen-bond acceptors (Lipinski definition) is 5. The van der Waals surface area contributed by atoms with Gasteiger partial charge in [0.25, 0.3) is 0 Å². The standard InChI is InChI=1S/C15H16ClN3O4/c1-15(2)22-10-8(14(20)21)5-9(11(10)23-15)19-4-3-7-12(16)17-6-18-13(7)19/h3-4,6,8-11H,5H2,1-2H3,(H,20,21)/t8-,9+,10+,11-/m0/s1. The highest BCUT2D eigenvalue weighted by molar-refractivity contribution is 6.33. The number of aliphatic carboxylic acids is 1. The number of carbonyl (C=O) groups is 1. The summed E-state index contributed by atoms with van der Waals surface area (Å²) in [6.07, 6.45) is 2.87. The number of aromatic nitrogens is 3. The van der Waals surface area contributed by atoms with Gasteiger partial charge in [0.05, 0.1) is 17.3 Å². The number of fused-ring (bicyclic) bond motifs is 2. The molecule has 8 heteroatoms. The number of carboxylic acid groups (broad SMARTS) is 1. The Morgan fingerprint density at radius 1 is 1.39 bits per heavy atom. The van der Waals surface area contributed by atoms with Crippen molar-refractivity contribution in [2.45, 2.75) is 44.3 Å². The van der Waals surface area contributed by atoms with Crippen molar-refractivity contribution in [3.8, 4) is 0 Å². The molecule has 2 fully saturated rings. The number of carboxylic acids is 1. The van der Waals surface area contributed by atoms with Crippen molar-refractivity contribution in [1.82, 2.24) is 14.5 Å². The first-order chi connectivity index (χ1) is 10.9. The highest BCUT2D eigenvalue weighted by Crippen LogP contribution is 2.47. The van der Waals surface area contributed by atoms with Gasteiger partial charge in [-0.2, -0.15) is 0 Å². The monoisotopic (exact) mass is 337 g/mol. The zero-order chi connectivity index (χ0) is 16.4. The average molecular weight is 338 g/mol. The molecule has 2 aliphatic rings. The molecule has 23 heavy (non-hydrogen) atoms. The molecule has 4 atom stereocenters. The minimum atomic E-state index is -0.868. The van der Waals surface area contributed by atoms with E-state index < -0.39 is 23.8 Å². The van der Waals surface area contributed by atoms with Crippen LogP contribution in [0.25, 0.3) is 11.0 Å². The Kier molecular flexibility index (Phi) is 3.16. The summed E-state index contributed by atoms with van der Waals surface area (Å²) in [5.41, 5.74) is 0.674. The van der Waals surface area contributed by atoms with Crippen LogP contribution in [-0.4, -0.2) is 43.6 Å². The molecule has 4 rings (SSSR count). The van der Waals surface area contributed by atoms with Gasteiger partial charge in [-0.1, -0.05) is 11.6 Å². The van der Waals surface area contributed by atoms with Crippen LogP contribution in [0.2, 0.25) is 5.15 Å². The maximum atomic E-state index is 11.6. The Hall–Kier alpha value is -1.70. The molecule has 0 bridgehead atoms. The number of ether oxygens (including phenoxy) is 2. The summed E-state index contributed by atoms with van der Waals surface area (Å²) in [6, 6.07) is 1.66. The van der Waals surface area contributed by atoms with Gasteiger partial charge in [-0.25, -0.2) is 9.97 Å². The first-order valence-electron chi connectivity index (χ1n) is 7.43. The Balaban J connectivity index is 1.78. The Labute approximate surface area is 137 Å². The van der Waals surface area contributed by atoms with Crippen LogP contribution >= 0.6 is 11.6 Å². The van der Waals surface area contributed by atoms with E-state index in [0.29, 0.717) is 17.2 Å². The van der Waals surface area contributed by atoms with Crippen LogP contribution in [0.5, 0.6) is 0 Å². The van der Waals surface area contributed by atoms with Crippen LogP contribution < -0.4 is 0 Å². The lowest BCUT2D eigenvalue weighted by atomic mass is 10.1. The third-order valence-corrected chi connectivity index (χ3v) is 4.87. The fourth-order valence-corrected chi connectivity index (χ4v) is 3.87. The summed E-state index contributed by atoms with van der Waals surface area (Å²) in [6.45, 7) is 3.60. The van der Waals surface area contributed by atoms with Gasteiger partial charge in [0.15, 0.2) is 5.79 Å². The summed E-state index contributed by atoms with van der Waals surface area (Å²) >= 11 is 6.10. The molecule has 2 aromatic heterocycles. The summed E-state index contributed by atoms with van der Waals surface area (Å²) < 4.78 is 13.7. The number of rotatable bonds is 2. The second kappa shape index (κ2) is 4.90. The Bertz CT molecular complexity index is 790. The normalized spacial score (nSPS) is 32.3. The molecule has 1 saturated heterocycles. The molecular formula is C15H16ClN3O4. The quantitative estimate of drug-likeness (QED) is 0.846. The van der Waals surface area contributed by atoms with Crippen molar-refractivity contribution in [2.24, 2.45) is 5.92 Å². The Morgan fingerprint density at radius 3 is 2.87 bits per heavy atom. The zero-order valence-corrected chi connectivity index (χ0v) is 13.4. The largest absolute Gasteiger partial charge is 0.481 e. The van der Waals surface area contributed by atoms with Gasteiger partial charge < -0.3 is 19.1 Å². The van der Waals surface area contributed by atoms with E-state index in [9.17, 15) is 9.90 Å². The molecule has 1 saturated carbocycles. The molecule has 1 N–H and O–H groups in total. The number of nitrogens with zero attached hydrogens (tertiary/aromatic N) is 3. The first kappa shape index (κ1) is 14.9. The highest BCUT2D eigenvalue weighted by Gasteiger charge is 2.57. The van der Waals surface area contributed by atoms with E-state index in [4.69, 9.17) is 21.1 Å². The van der Waals surface area contributed by atoms with Gasteiger partial charge in [-0.3, -0.25) is 4.79 Å². The third-order valence-electron chi connectivity index (χ3n) is 4.57. The van der Waals surface area contributed by atoms with Crippen molar-refractivity contribution in [3.05, 3.63) is 23.7 Å². The zero-order valence-electron chi connectivity index (χ0n) is 12.6. The van der Waals surface area contributed by atoms with Gasteiger partial charge in [0.1, 0.15) is 29.3 Å². The molecule has 0 radical (unpaired) electrons. The molecule has 122 valence electrons. The fourth-order valence-electron chi connectivity index (χ4n) is 3.68. The molecule has 0 spiro atoms. The van der Waals surface area contributed by atoms with E-state index in [2.05, 4.69) is 9.97 Å². The van der Waals surface area contributed by atoms with E-state index in [0.717, 1.165) is 5.39 Å². The molecule has 0 unspecified atom stereocenters. The number of halogens is 1. The van der Waals surface area contributed by atoms with Gasteiger partial charge in [0, 0.05) is 6.20 Å². The molecule has 2 aromatic rings. The minimum absolute atomic E-state index is 0.175. The van der Waals surface area contributed by atoms with Gasteiger partial charge in [-0.15, -0.1) is 0 Å². The van der Waals surface area contributed by atoms with Gasteiger partial charge in [0.2, 0.25) is 0 Å². The molecule has 0 amide bonds. The second-order valence-corrected chi connectivity index (χ2v) is 6.80. The minimum Gasteiger partial charge on any atom is -0.481 e. The lowest BCUT2D eigenvalue weighted by Gasteiger charge is -2.23. The molecule has 1 aliphatic heterocycles. The van der Waals surface area contributed by atoms with E-state index in [1.165, 1.54) is 6.33 Å². The number of hydrogen-bond donors (Lipinski definition) is 1. The summed E-state index contributed by atoms with van der Waals surface area (Å²) in [7, 11) is 0. The highest BCUT2D eigenvalue weighted by atomic mass is 35.5. The smallest absolute Gasteiger partial charge is 0.309 e. The summed E-state index contributed by atoms with van der Waals surface area (Å²) in [4.78, 5) is 19.9. The first-order valence-corrected chi connectivity index (χ1v) is 7.81. The SMILES string of the molecule is CC1(C)O[C@@H]2[C@H](O1)[C@@H](C(=O)O)C[C@H]2n1ccc2c(Cl)ncnc21. The van der Waals surface area contributed by atoms with Crippen molar-refractivity contribution < 1.29 is 19.4 Å². The lowest BCUT2D eigenvalue weighted by molar-refractivity contribution is -0.167. The van der Waals surface area contributed by atoms with E-state index >= 15 is 0 Å². The predicted molar refractivity (Wildman–Crippen MR) is 81.1 cm³/mol. The second-order valence-electron chi connectivity index (χ2n) is 6.44. The molecular weight excluding hydrogens is 322 g/mol. The van der Waals surface area contributed by atoms with Crippen LogP contribution in [0.15, 0.2) is 18.6 Å². The lowest BCUT2D eigenvalue weighted by Crippen LogP contribution is -2.30. The molecule has 1 aliphatic carbocycles. The van der Waals surface area contributed by atoms with E-state index in [1.807, 2.05) is 16.8 Å². The third kappa shape index (κ3) is 2.22. The van der Waals surface area contributed by atoms with Crippen molar-refractivity contribution in [1.29, 1.82) is 0 Å². The molecule has 7 nitrogen and oxygen atoms in total. The van der Waals surface area contributed by atoms with Crippen LogP contribution in [-0.2, 0) is 14.3 Å². The Morgan fingerprint density at radius 2 is 2.13 bits per heavy atom. The van der Waals surface area contributed by atoms with Crippen molar-refractivity contribution >= 4 is 28.6 Å². The molecule has 0 aromatic carbocycles. The van der Waals surface area contributed by atoms with Crippen molar-refractivity contribution in [3.63, 3.8) is 0 Å². The summed E-state index contributed by atoms with van der Waals surface area (Å²) in [5.74, 6) is -2.27. The van der Waals surface area contributed by atoms with E-state index in [1.54, 1.807) is 13.8 Å². The van der Waals surface area contributed by atoms with Gasteiger partial charge in [-0.05, 0) is 26.3 Å². The van der Waals surface area contributed by atoms with Crippen LogP contribution in [0, 0.1) is 5.92 Å². The van der Waals surface area contributed by atoms with Crippen LogP contribution in [0.4, 0.5) is 0 Å². The van der Waals surface area contributed by atoms with E-state index in [-0.39, 0.29) is 12.1 Å². The van der Waals surface area contributed by atoms with Crippen LogP contribution in [0.3, 0.4) is 0 Å². The van der Waals surface area contributed by atoms with Crippen LogP contribution in [0.1, 0.15) is 26.3 Å². The average Bonchev–Trinajstić information content (AvgIpc) is 3.09. The van der Waals surface area contributed by atoms with Crippen molar-refractivity contribution in [2.75, 3.05) is 0 Å². The summed E-state index contributed by atoms with van der Waals surface area (Å²) in [5, 5.41) is 10.6. The topological polar surface area (TPSA) is 86.5 Å². The maximum absolute atomic E-state index is 11.6. The fraction of sp³-hybridized carbons (Fsp3) is 0.533. The predicted octanol–water partition coefficient (Wildman–Crippen LogP) is 2.25. The van der Waals surface area contributed by atoms with Gasteiger partial charge >= 0.3 is 5.97 Å². The maximum Gasteiger partial charge on any atom is 0.309 e. The molecule has 3 heterocycles.